The van der Waals surface area contributed by atoms with E-state index in [1.807, 2.05) is 41.4 Å². The molecule has 1 fully saturated rings. The monoisotopic (exact) mass is 309 g/mol. The number of ether oxygens (including phenoxy) is 1. The second-order valence-electron chi connectivity index (χ2n) is 6.04. The van der Waals surface area contributed by atoms with E-state index in [2.05, 4.69) is 16.0 Å². The predicted octanol–water partition coefficient (Wildman–Crippen LogP) is 1.91. The molecule has 3 heterocycles. The zero-order valence-corrected chi connectivity index (χ0v) is 12.9. The molecule has 4 rings (SSSR count). The van der Waals surface area contributed by atoms with Crippen molar-refractivity contribution in [3.8, 4) is 5.75 Å². The Kier molecular flexibility index (Phi) is 3.71. The van der Waals surface area contributed by atoms with E-state index in [0.717, 1.165) is 24.5 Å². The van der Waals surface area contributed by atoms with Gasteiger partial charge >= 0.3 is 0 Å². The van der Waals surface area contributed by atoms with Gasteiger partial charge in [0, 0.05) is 31.4 Å². The molecule has 0 bridgehead atoms. The Morgan fingerprint density at radius 1 is 1.22 bits per heavy atom. The van der Waals surface area contributed by atoms with Crippen LogP contribution in [0.1, 0.15) is 11.5 Å². The van der Waals surface area contributed by atoms with Crippen molar-refractivity contribution in [2.45, 2.75) is 5.92 Å². The fourth-order valence-corrected chi connectivity index (χ4v) is 3.23. The van der Waals surface area contributed by atoms with Gasteiger partial charge in [0.15, 0.2) is 0 Å². The first-order chi connectivity index (χ1) is 11.3. The third-order valence-corrected chi connectivity index (χ3v) is 4.50. The Labute approximate surface area is 135 Å². The SMILES string of the molecule is O=C(CN1CC(c2cccnc2)C1)N1CCOc2ccccc21. The molecule has 0 radical (unpaired) electrons. The number of pyridine rings is 1. The maximum Gasteiger partial charge on any atom is 0.241 e. The van der Waals surface area contributed by atoms with Crippen LogP contribution in [0.4, 0.5) is 5.69 Å². The van der Waals surface area contributed by atoms with Gasteiger partial charge in [-0.1, -0.05) is 18.2 Å². The number of para-hydroxylation sites is 2. The minimum absolute atomic E-state index is 0.144. The van der Waals surface area contributed by atoms with Crippen molar-refractivity contribution >= 4 is 11.6 Å². The molecule has 0 saturated carbocycles. The molecule has 1 aromatic heterocycles. The summed E-state index contributed by atoms with van der Waals surface area (Å²) in [5.74, 6) is 1.43. The van der Waals surface area contributed by atoms with Crippen molar-refractivity contribution in [1.82, 2.24) is 9.88 Å². The maximum atomic E-state index is 12.6. The largest absolute Gasteiger partial charge is 0.490 e. The fraction of sp³-hybridized carbons (Fsp3) is 0.333. The number of hydrogen-bond donors (Lipinski definition) is 0. The number of benzene rings is 1. The second kappa shape index (κ2) is 6.01. The normalized spacial score (nSPS) is 18.0. The van der Waals surface area contributed by atoms with E-state index in [1.165, 1.54) is 5.56 Å². The summed E-state index contributed by atoms with van der Waals surface area (Å²) in [5.41, 5.74) is 2.14. The molecule has 2 aliphatic rings. The molecule has 2 aromatic rings. The smallest absolute Gasteiger partial charge is 0.241 e. The molecule has 23 heavy (non-hydrogen) atoms. The van der Waals surface area contributed by atoms with Crippen LogP contribution in [0.15, 0.2) is 48.8 Å². The van der Waals surface area contributed by atoms with E-state index in [0.29, 0.717) is 25.6 Å². The fourth-order valence-electron chi connectivity index (χ4n) is 3.23. The topological polar surface area (TPSA) is 45.7 Å². The number of rotatable bonds is 3. The first-order valence-corrected chi connectivity index (χ1v) is 7.96. The van der Waals surface area contributed by atoms with E-state index in [-0.39, 0.29) is 5.91 Å². The van der Waals surface area contributed by atoms with E-state index in [9.17, 15) is 4.79 Å². The molecular formula is C18H19N3O2. The first kappa shape index (κ1) is 14.2. The summed E-state index contributed by atoms with van der Waals surface area (Å²) in [6.45, 7) is 3.48. The van der Waals surface area contributed by atoms with Crippen LogP contribution in [-0.2, 0) is 4.79 Å². The van der Waals surface area contributed by atoms with Gasteiger partial charge < -0.3 is 9.64 Å². The number of fused-ring (bicyclic) bond motifs is 1. The number of likely N-dealkylation sites (tertiary alicyclic amines) is 1. The lowest BCUT2D eigenvalue weighted by Crippen LogP contribution is -2.51. The van der Waals surface area contributed by atoms with Gasteiger partial charge in [-0.25, -0.2) is 0 Å². The Morgan fingerprint density at radius 3 is 2.91 bits per heavy atom. The van der Waals surface area contributed by atoms with Crippen molar-refractivity contribution in [2.24, 2.45) is 0 Å². The van der Waals surface area contributed by atoms with E-state index < -0.39 is 0 Å². The second-order valence-corrected chi connectivity index (χ2v) is 6.04. The highest BCUT2D eigenvalue weighted by molar-refractivity contribution is 5.96. The average molecular weight is 309 g/mol. The third kappa shape index (κ3) is 2.80. The first-order valence-electron chi connectivity index (χ1n) is 7.96. The third-order valence-electron chi connectivity index (χ3n) is 4.50. The average Bonchev–Trinajstić information content (AvgIpc) is 2.58. The number of hydrogen-bond acceptors (Lipinski definition) is 4. The van der Waals surface area contributed by atoms with E-state index >= 15 is 0 Å². The Balaban J connectivity index is 1.37. The number of anilines is 1. The standard InChI is InChI=1S/C18H19N3O2/c22-18(21-8-9-23-17-6-2-1-5-16(17)21)13-20-11-15(12-20)14-4-3-7-19-10-14/h1-7,10,15H,8-9,11-13H2. The number of carbonyl (C=O) groups excluding carboxylic acids is 1. The molecular weight excluding hydrogens is 290 g/mol. The Morgan fingerprint density at radius 2 is 2.09 bits per heavy atom. The summed E-state index contributed by atoms with van der Waals surface area (Å²) >= 11 is 0. The molecule has 0 spiro atoms. The summed E-state index contributed by atoms with van der Waals surface area (Å²) in [6, 6.07) is 11.8. The summed E-state index contributed by atoms with van der Waals surface area (Å²) in [5, 5.41) is 0. The van der Waals surface area contributed by atoms with Gasteiger partial charge in [-0.3, -0.25) is 14.7 Å². The van der Waals surface area contributed by atoms with Crippen LogP contribution in [0.3, 0.4) is 0 Å². The number of amides is 1. The van der Waals surface area contributed by atoms with Gasteiger partial charge in [0.05, 0.1) is 18.8 Å². The van der Waals surface area contributed by atoms with Crippen LogP contribution >= 0.6 is 0 Å². The highest BCUT2D eigenvalue weighted by atomic mass is 16.5. The van der Waals surface area contributed by atoms with E-state index in [1.54, 1.807) is 6.20 Å². The molecule has 1 aromatic carbocycles. The minimum Gasteiger partial charge on any atom is -0.490 e. The van der Waals surface area contributed by atoms with Crippen LogP contribution in [0, 0.1) is 0 Å². The number of nitrogens with zero attached hydrogens (tertiary/aromatic N) is 3. The van der Waals surface area contributed by atoms with Crippen molar-refractivity contribution in [2.75, 3.05) is 37.7 Å². The molecule has 2 aliphatic heterocycles. The summed E-state index contributed by atoms with van der Waals surface area (Å²) in [4.78, 5) is 20.8. The molecule has 1 amide bonds. The van der Waals surface area contributed by atoms with Gasteiger partial charge in [-0.15, -0.1) is 0 Å². The van der Waals surface area contributed by atoms with Crippen LogP contribution in [0.5, 0.6) is 5.75 Å². The molecule has 118 valence electrons. The highest BCUT2D eigenvalue weighted by Gasteiger charge is 2.32. The van der Waals surface area contributed by atoms with Crippen molar-refractivity contribution in [3.05, 3.63) is 54.4 Å². The summed E-state index contributed by atoms with van der Waals surface area (Å²) in [6.07, 6.45) is 3.71. The van der Waals surface area contributed by atoms with Crippen molar-refractivity contribution in [1.29, 1.82) is 0 Å². The maximum absolute atomic E-state index is 12.6. The van der Waals surface area contributed by atoms with Crippen LogP contribution < -0.4 is 9.64 Å². The van der Waals surface area contributed by atoms with E-state index in [4.69, 9.17) is 4.74 Å². The molecule has 0 unspecified atom stereocenters. The summed E-state index contributed by atoms with van der Waals surface area (Å²) in [7, 11) is 0. The van der Waals surface area contributed by atoms with Crippen molar-refractivity contribution < 1.29 is 9.53 Å². The zero-order valence-electron chi connectivity index (χ0n) is 12.9. The lowest BCUT2D eigenvalue weighted by atomic mass is 9.93. The zero-order chi connectivity index (χ0) is 15.6. The Bertz CT molecular complexity index is 698. The minimum atomic E-state index is 0.144. The highest BCUT2D eigenvalue weighted by Crippen LogP contribution is 2.32. The summed E-state index contributed by atoms with van der Waals surface area (Å²) < 4.78 is 5.61. The quantitative estimate of drug-likeness (QED) is 0.869. The number of carbonyl (C=O) groups is 1. The molecule has 0 aliphatic carbocycles. The lowest BCUT2D eigenvalue weighted by Gasteiger charge is -2.40. The van der Waals surface area contributed by atoms with Crippen LogP contribution in [-0.4, -0.2) is 48.6 Å². The van der Waals surface area contributed by atoms with Gasteiger partial charge in [0.2, 0.25) is 5.91 Å². The molecule has 5 nitrogen and oxygen atoms in total. The van der Waals surface area contributed by atoms with Gasteiger partial charge in [0.25, 0.3) is 0 Å². The van der Waals surface area contributed by atoms with Gasteiger partial charge in [-0.2, -0.15) is 0 Å². The molecule has 0 N–H and O–H groups in total. The van der Waals surface area contributed by atoms with Crippen LogP contribution in [0.25, 0.3) is 0 Å². The molecule has 0 atom stereocenters. The van der Waals surface area contributed by atoms with Gasteiger partial charge in [-0.05, 0) is 23.8 Å². The molecule has 1 saturated heterocycles. The lowest BCUT2D eigenvalue weighted by molar-refractivity contribution is -0.121. The molecule has 5 heteroatoms. The van der Waals surface area contributed by atoms with Gasteiger partial charge in [0.1, 0.15) is 12.4 Å². The van der Waals surface area contributed by atoms with Crippen molar-refractivity contribution in [3.63, 3.8) is 0 Å². The van der Waals surface area contributed by atoms with Crippen LogP contribution in [0.2, 0.25) is 0 Å². The Hall–Kier alpha value is -2.40. The number of aromatic nitrogens is 1. The predicted molar refractivity (Wildman–Crippen MR) is 87.7 cm³/mol.